The molecule has 0 fully saturated rings. The van der Waals surface area contributed by atoms with Crippen LogP contribution in [0, 0.1) is 27.7 Å². The second-order valence-corrected chi connectivity index (χ2v) is 20.1. The molecule has 75 heavy (non-hydrogen) atoms. The summed E-state index contributed by atoms with van der Waals surface area (Å²) in [7, 11) is 0. The van der Waals surface area contributed by atoms with Crippen LogP contribution >= 0.6 is 34.8 Å². The number of ether oxygens (including phenoxy) is 2. The van der Waals surface area contributed by atoms with Gasteiger partial charge in [-0.1, -0.05) is 35.3 Å². The lowest BCUT2D eigenvalue weighted by Crippen LogP contribution is -2.28. The van der Waals surface area contributed by atoms with Crippen molar-refractivity contribution in [3.8, 4) is 0 Å². The molecule has 0 saturated heterocycles. The van der Waals surface area contributed by atoms with Crippen LogP contribution in [0.4, 0.5) is 21.2 Å². The average Bonchev–Trinajstić information content (AvgIpc) is 4.04. The smallest absolute Gasteiger partial charge is 0.413 e. The van der Waals surface area contributed by atoms with Crippen LogP contribution < -0.4 is 21.3 Å². The largest absolute Gasteiger partial charge is 0.444 e. The minimum Gasteiger partial charge on any atom is -0.444 e. The van der Waals surface area contributed by atoms with Crippen molar-refractivity contribution in [1.82, 2.24) is 61.0 Å². The molecule has 0 aliphatic rings. The van der Waals surface area contributed by atoms with Crippen molar-refractivity contribution in [1.29, 1.82) is 0 Å². The van der Waals surface area contributed by atoms with E-state index in [4.69, 9.17) is 44.3 Å². The van der Waals surface area contributed by atoms with Crippen molar-refractivity contribution in [2.24, 2.45) is 0 Å². The number of nitrogens with one attached hydrogen (secondary N) is 5. The van der Waals surface area contributed by atoms with Crippen molar-refractivity contribution in [2.75, 3.05) is 10.6 Å². The number of rotatable bonds is 11. The van der Waals surface area contributed by atoms with Crippen LogP contribution in [0.25, 0.3) is 21.8 Å². The number of alkyl halides is 1. The van der Waals surface area contributed by atoms with E-state index < -0.39 is 23.4 Å². The highest BCUT2D eigenvalue weighted by Gasteiger charge is 2.20. The molecule has 23 heteroatoms. The molecule has 8 rings (SSSR count). The van der Waals surface area contributed by atoms with Gasteiger partial charge >= 0.3 is 12.2 Å². The Morgan fingerprint density at radius 2 is 1.11 bits per heavy atom. The Bertz CT molecular complexity index is 3290. The van der Waals surface area contributed by atoms with Crippen LogP contribution in [0.5, 0.6) is 0 Å². The molecule has 5 N–H and O–H groups in total. The highest BCUT2D eigenvalue weighted by molar-refractivity contribution is 6.31. The molecule has 392 valence electrons. The second kappa shape index (κ2) is 24.9. The van der Waals surface area contributed by atoms with E-state index in [1.807, 2.05) is 76.2 Å². The predicted octanol–water partition coefficient (Wildman–Crippen LogP) is 10.5. The lowest BCUT2D eigenvalue weighted by molar-refractivity contribution is 0.0624. The molecule has 0 bridgehead atoms. The quantitative estimate of drug-likeness (QED) is 0.0755. The molecule has 0 aliphatic carbocycles. The number of hydrogen-bond donors (Lipinski definition) is 5. The van der Waals surface area contributed by atoms with Crippen molar-refractivity contribution in [2.45, 2.75) is 106 Å². The Labute approximate surface area is 448 Å². The zero-order valence-corrected chi connectivity index (χ0v) is 45.3. The topological polar surface area (TPSA) is 259 Å². The van der Waals surface area contributed by atoms with Crippen LogP contribution in [0.15, 0.2) is 85.5 Å². The number of hydrogen-bond acceptors (Lipinski definition) is 14. The minimum atomic E-state index is -0.610. The van der Waals surface area contributed by atoms with Gasteiger partial charge in [-0.25, -0.2) is 19.6 Å². The van der Waals surface area contributed by atoms with E-state index in [0.29, 0.717) is 52.0 Å². The fraction of sp³-hybridized carbons (Fsp3) is 0.308. The molecule has 8 aromatic rings. The van der Waals surface area contributed by atoms with E-state index in [1.54, 1.807) is 66.1 Å². The Balaban J connectivity index is 0.000000206. The van der Waals surface area contributed by atoms with Crippen LogP contribution in [0.1, 0.15) is 107 Å². The number of benzene rings is 2. The third kappa shape index (κ3) is 17.1. The van der Waals surface area contributed by atoms with Crippen molar-refractivity contribution in [3.63, 3.8) is 0 Å². The molecule has 0 radical (unpaired) electrons. The summed E-state index contributed by atoms with van der Waals surface area (Å²) in [5, 5.41) is 32.3. The molecular weight excluding hydrogens is 1020 g/mol. The first-order valence-electron chi connectivity index (χ1n) is 23.3. The van der Waals surface area contributed by atoms with E-state index in [9.17, 15) is 19.2 Å². The number of pyridine rings is 4. The van der Waals surface area contributed by atoms with Crippen LogP contribution in [-0.4, -0.2) is 85.5 Å². The molecule has 0 unspecified atom stereocenters. The van der Waals surface area contributed by atoms with Gasteiger partial charge in [-0.15, -0.1) is 16.7 Å². The predicted molar refractivity (Wildman–Crippen MR) is 288 cm³/mol. The number of halogens is 3. The number of aromatic nitrogens is 10. The Morgan fingerprint density at radius 1 is 0.627 bits per heavy atom. The van der Waals surface area contributed by atoms with Crippen LogP contribution in [0.3, 0.4) is 0 Å². The monoisotopic (exact) mass is 1080 g/mol. The Hall–Kier alpha value is -7.81. The van der Waals surface area contributed by atoms with Gasteiger partial charge in [-0.2, -0.15) is 25.3 Å². The zero-order valence-electron chi connectivity index (χ0n) is 43.0. The molecule has 4 amide bonds. The SMILES string of the molecule is Cc1cc(NC(=O)OC(C)(C)C)nc(C)c1CNC(=O)c1cn[nH]n1.Cc1cc(NC(=O)OC(C)(C)C)nc(C)c1CNC(=O)c1cnn(Cc2ccc3ncc(Cl)cc3c2)n1.ClCc1ccc2ncc(Cl)cc2c1. The summed E-state index contributed by atoms with van der Waals surface area (Å²) >= 11 is 17.6. The van der Waals surface area contributed by atoms with Crippen molar-refractivity contribution >= 4 is 92.2 Å². The van der Waals surface area contributed by atoms with Gasteiger partial charge in [0.05, 0.1) is 40.0 Å². The standard InChI is InChI=1S/C26H28ClN7O3.C16H22N6O3.C10H7Cl2N/c1-15-8-23(32-25(36)37-26(3,4)5)31-16(2)20(15)12-29-24(35)22-13-30-34(33-22)14-17-6-7-21-18(9-17)10-19(27)11-28-21;1-9-6-13(20-15(24)25-16(3,4)5)19-10(2)11(9)7-17-14(23)12-8-18-22-21-12;11-5-7-1-2-10-8(3-7)4-9(12)6-13-10/h6-11,13H,12,14H2,1-5H3,(H,29,35)(H,31,32,36);6,8H,7H2,1-5H3,(H,17,23)(H,18,21,22)(H,19,20,24);1-4,6H,5H2. The highest BCUT2D eigenvalue weighted by Crippen LogP contribution is 2.22. The normalized spacial score (nSPS) is 11.2. The molecule has 0 saturated carbocycles. The maximum absolute atomic E-state index is 12.7. The van der Waals surface area contributed by atoms with E-state index >= 15 is 0 Å². The highest BCUT2D eigenvalue weighted by atomic mass is 35.5. The molecule has 6 aromatic heterocycles. The minimum absolute atomic E-state index is 0.206. The van der Waals surface area contributed by atoms with Crippen LogP contribution in [-0.2, 0) is 35.0 Å². The van der Waals surface area contributed by atoms with E-state index in [1.165, 1.54) is 17.2 Å². The first kappa shape index (κ1) is 56.5. The first-order valence-corrected chi connectivity index (χ1v) is 24.6. The first-order chi connectivity index (χ1) is 35.4. The number of anilines is 2. The van der Waals surface area contributed by atoms with Crippen LogP contribution in [0.2, 0.25) is 10.0 Å². The number of carbonyl (C=O) groups excluding carboxylic acids is 4. The van der Waals surface area contributed by atoms with Gasteiger partial charge in [-0.3, -0.25) is 30.2 Å². The van der Waals surface area contributed by atoms with Gasteiger partial charge in [0, 0.05) is 53.5 Å². The Kier molecular flexibility index (Phi) is 18.8. The van der Waals surface area contributed by atoms with E-state index in [2.05, 4.69) is 66.8 Å². The van der Waals surface area contributed by atoms with Gasteiger partial charge in [-0.05, 0) is 151 Å². The lowest BCUT2D eigenvalue weighted by atomic mass is 10.1. The van der Waals surface area contributed by atoms with Gasteiger partial charge in [0.1, 0.15) is 22.8 Å². The Morgan fingerprint density at radius 3 is 1.56 bits per heavy atom. The summed E-state index contributed by atoms with van der Waals surface area (Å²) < 4.78 is 10.5. The third-order valence-corrected chi connectivity index (χ3v) is 11.3. The van der Waals surface area contributed by atoms with E-state index in [-0.39, 0.29) is 29.7 Å². The van der Waals surface area contributed by atoms with Crippen molar-refractivity contribution in [3.05, 3.63) is 152 Å². The van der Waals surface area contributed by atoms with Crippen molar-refractivity contribution < 1.29 is 28.7 Å². The maximum Gasteiger partial charge on any atom is 0.413 e. The average molecular weight is 1080 g/mol. The molecule has 0 atom stereocenters. The number of aryl methyl sites for hydroxylation is 4. The summed E-state index contributed by atoms with van der Waals surface area (Å²) in [4.78, 5) is 67.2. The molecule has 0 spiro atoms. The third-order valence-electron chi connectivity index (χ3n) is 10.5. The zero-order chi connectivity index (χ0) is 54.6. The lowest BCUT2D eigenvalue weighted by Gasteiger charge is -2.20. The van der Waals surface area contributed by atoms with Gasteiger partial charge in [0.25, 0.3) is 11.8 Å². The molecule has 0 aliphatic heterocycles. The molecule has 2 aromatic carbocycles. The number of carbonyl (C=O) groups is 4. The summed E-state index contributed by atoms with van der Waals surface area (Å²) in [5.41, 5.74) is 7.90. The molecule has 6 heterocycles. The fourth-order valence-electron chi connectivity index (χ4n) is 7.16. The van der Waals surface area contributed by atoms with Gasteiger partial charge in [0.2, 0.25) is 0 Å². The summed E-state index contributed by atoms with van der Waals surface area (Å²) in [5.74, 6) is 0.617. The maximum atomic E-state index is 12.7. The van der Waals surface area contributed by atoms with E-state index in [0.717, 1.165) is 55.2 Å². The summed E-state index contributed by atoms with van der Waals surface area (Å²) in [6.45, 7) is 19.1. The number of fused-ring (bicyclic) bond motifs is 2. The number of amides is 4. The summed E-state index contributed by atoms with van der Waals surface area (Å²) in [6, 6.07) is 18.9. The molecular formula is C52H57Cl3N14O6. The number of aromatic amines is 1. The molecule has 20 nitrogen and oxygen atoms in total. The van der Waals surface area contributed by atoms with Gasteiger partial charge < -0.3 is 20.1 Å². The van der Waals surface area contributed by atoms with Gasteiger partial charge in [0.15, 0.2) is 11.4 Å². The fourth-order valence-corrected chi connectivity index (χ4v) is 7.65. The number of nitrogens with zero attached hydrogens (tertiary/aromatic N) is 9. The summed E-state index contributed by atoms with van der Waals surface area (Å²) in [6.07, 6.45) is 4.89. The second-order valence-electron chi connectivity index (χ2n) is 19.0. The number of H-pyrrole nitrogens is 1.